The number of likely N-dealkylation sites (tertiary alicyclic amines) is 1. The summed E-state index contributed by atoms with van der Waals surface area (Å²) in [5, 5.41) is 19.7. The molecule has 2 amide bonds. The second-order valence-electron chi connectivity index (χ2n) is 10.7. The first-order chi connectivity index (χ1) is 18.6. The summed E-state index contributed by atoms with van der Waals surface area (Å²) in [6, 6.07) is 4.73. The molecule has 3 aliphatic carbocycles. The monoisotopic (exact) mass is 533 g/mol. The maximum atomic E-state index is 13.7. The van der Waals surface area contributed by atoms with Gasteiger partial charge in [-0.3, -0.25) is 28.9 Å². The summed E-state index contributed by atoms with van der Waals surface area (Å²) in [6.07, 6.45) is 5.33. The Balaban J connectivity index is 1.52. The highest BCUT2D eigenvalue weighted by molar-refractivity contribution is 6.23. The number of ketones is 2. The number of allylic oxidation sites excluding steroid dienone is 6. The Morgan fingerprint density at radius 1 is 1.08 bits per heavy atom. The number of hydrogen-bond donors (Lipinski definition) is 2. The Hall–Kier alpha value is -4.01. The summed E-state index contributed by atoms with van der Waals surface area (Å²) in [4.78, 5) is 65.7. The molecule has 1 aromatic carbocycles. The van der Waals surface area contributed by atoms with Crippen molar-refractivity contribution < 1.29 is 38.9 Å². The number of fused-ring (bicyclic) bond motifs is 3. The number of methoxy groups -OCH3 is 1. The number of benzene rings is 1. The van der Waals surface area contributed by atoms with E-state index >= 15 is 0 Å². The van der Waals surface area contributed by atoms with E-state index in [2.05, 4.69) is 0 Å². The van der Waals surface area contributed by atoms with Gasteiger partial charge in [-0.05, 0) is 62.8 Å². The van der Waals surface area contributed by atoms with Gasteiger partial charge in [0.15, 0.2) is 11.6 Å². The van der Waals surface area contributed by atoms with E-state index in [4.69, 9.17) is 9.84 Å². The maximum absolute atomic E-state index is 13.7. The molecule has 0 bridgehead atoms. The molecule has 4 atom stereocenters. The largest absolute Gasteiger partial charge is 0.508 e. The van der Waals surface area contributed by atoms with E-state index in [9.17, 15) is 29.1 Å². The maximum Gasteiger partial charge on any atom is 0.303 e. The lowest BCUT2D eigenvalue weighted by atomic mass is 9.59. The summed E-state index contributed by atoms with van der Waals surface area (Å²) >= 11 is 0. The van der Waals surface area contributed by atoms with Crippen LogP contribution in [0.1, 0.15) is 56.9 Å². The smallest absolute Gasteiger partial charge is 0.303 e. The summed E-state index contributed by atoms with van der Waals surface area (Å²) in [5.74, 6) is -4.01. The number of amides is 2. The van der Waals surface area contributed by atoms with Gasteiger partial charge in [-0.2, -0.15) is 0 Å². The van der Waals surface area contributed by atoms with Crippen LogP contribution in [0.15, 0.2) is 52.6 Å². The number of aliphatic carboxylic acids is 1. The van der Waals surface area contributed by atoms with Crippen LogP contribution in [0.4, 0.5) is 0 Å². The molecule has 1 aliphatic heterocycles. The Morgan fingerprint density at radius 2 is 1.85 bits per heavy atom. The molecular weight excluding hydrogens is 502 g/mol. The highest BCUT2D eigenvalue weighted by Crippen LogP contribution is 2.56. The number of hydrogen-bond acceptors (Lipinski definition) is 7. The number of carbonyl (C=O) groups excluding carboxylic acids is 4. The van der Waals surface area contributed by atoms with E-state index in [1.807, 2.05) is 6.08 Å². The van der Waals surface area contributed by atoms with Crippen LogP contribution in [0.25, 0.3) is 0 Å². The fourth-order valence-corrected chi connectivity index (χ4v) is 6.64. The minimum atomic E-state index is -0.878. The van der Waals surface area contributed by atoms with Crippen LogP contribution in [-0.2, 0) is 24.0 Å². The van der Waals surface area contributed by atoms with Crippen LogP contribution in [0.2, 0.25) is 0 Å². The first kappa shape index (κ1) is 26.6. The van der Waals surface area contributed by atoms with Crippen molar-refractivity contribution in [2.75, 3.05) is 13.7 Å². The summed E-state index contributed by atoms with van der Waals surface area (Å²) in [6.45, 7) is 1.81. The number of Topliss-reactive ketones (excluding diaryl/α,β-unsaturated/α-hetero) is 1. The molecular formula is C30H31NO8. The number of phenols is 1. The van der Waals surface area contributed by atoms with Crippen molar-refractivity contribution in [1.82, 2.24) is 4.90 Å². The second kappa shape index (κ2) is 10.3. The number of aromatic hydroxyl groups is 1. The van der Waals surface area contributed by atoms with E-state index in [-0.39, 0.29) is 48.5 Å². The van der Waals surface area contributed by atoms with Crippen molar-refractivity contribution in [2.45, 2.75) is 51.4 Å². The highest BCUT2D eigenvalue weighted by atomic mass is 16.5. The summed E-state index contributed by atoms with van der Waals surface area (Å²) in [7, 11) is 1.50. The highest BCUT2D eigenvalue weighted by Gasteiger charge is 2.56. The lowest BCUT2D eigenvalue weighted by Gasteiger charge is -2.42. The zero-order valence-corrected chi connectivity index (χ0v) is 21.9. The molecule has 9 heteroatoms. The predicted octanol–water partition coefficient (Wildman–Crippen LogP) is 3.48. The van der Waals surface area contributed by atoms with Gasteiger partial charge in [0.05, 0.1) is 18.9 Å². The van der Waals surface area contributed by atoms with Crippen LogP contribution in [-0.4, -0.2) is 58.1 Å². The van der Waals surface area contributed by atoms with Crippen LogP contribution in [0.5, 0.6) is 11.5 Å². The van der Waals surface area contributed by atoms with Crippen LogP contribution in [0, 0.1) is 17.8 Å². The fraction of sp³-hybridized carbons (Fsp3) is 0.433. The lowest BCUT2D eigenvalue weighted by Crippen LogP contribution is -2.39. The van der Waals surface area contributed by atoms with Gasteiger partial charge in [-0.1, -0.05) is 18.1 Å². The third-order valence-electron chi connectivity index (χ3n) is 8.47. The number of rotatable bonds is 8. The molecule has 4 unspecified atom stereocenters. The second-order valence-corrected chi connectivity index (χ2v) is 10.7. The Labute approximate surface area is 225 Å². The van der Waals surface area contributed by atoms with Gasteiger partial charge >= 0.3 is 5.97 Å². The molecule has 0 aromatic heterocycles. The van der Waals surface area contributed by atoms with Crippen molar-refractivity contribution >= 4 is 29.4 Å². The topological polar surface area (TPSA) is 138 Å². The van der Waals surface area contributed by atoms with Gasteiger partial charge in [-0.15, -0.1) is 0 Å². The minimum Gasteiger partial charge on any atom is -0.508 e. The lowest BCUT2D eigenvalue weighted by molar-refractivity contribution is -0.141. The first-order valence-electron chi connectivity index (χ1n) is 13.3. The third kappa shape index (κ3) is 4.49. The molecule has 1 heterocycles. The fourth-order valence-electron chi connectivity index (χ4n) is 6.64. The number of carboxylic acids is 1. The quantitative estimate of drug-likeness (QED) is 0.224. The van der Waals surface area contributed by atoms with E-state index in [0.29, 0.717) is 53.7 Å². The van der Waals surface area contributed by atoms with E-state index < -0.39 is 29.6 Å². The van der Waals surface area contributed by atoms with Crippen LogP contribution >= 0.6 is 0 Å². The molecule has 0 spiro atoms. The number of carboxylic acid groups (broad SMARTS) is 1. The summed E-state index contributed by atoms with van der Waals surface area (Å²) < 4.78 is 5.37. The molecule has 5 rings (SSSR count). The van der Waals surface area contributed by atoms with Gasteiger partial charge in [0, 0.05) is 41.2 Å². The number of phenolic OH excluding ortho intramolecular Hbond substituents is 1. The first-order valence-corrected chi connectivity index (χ1v) is 13.3. The standard InChI is InChI=1S/C30H31NO8/c1-15-12-23(33)27-21(28(15)36)14-19-17(25(27)20-13-16(39-2)7-10-22(20)32)8-9-18-26(19)30(38)31(29(18)37)11-5-3-4-6-24(34)35/h7-8,10,12-13,18-19,25-26,32H,3-6,9,11,14H2,1-2H3,(H,34,35). The SMILES string of the molecule is COc1ccc(O)c(C2C3=CCC4C(=O)N(CCCCCC(=O)O)C(=O)C4C3CC3=C2C(=O)C=C(C)C3=O)c1. The average molecular weight is 534 g/mol. The Bertz CT molecular complexity index is 1380. The molecule has 1 saturated heterocycles. The molecule has 4 aliphatic rings. The molecule has 39 heavy (non-hydrogen) atoms. The zero-order chi connectivity index (χ0) is 28.0. The van der Waals surface area contributed by atoms with Gasteiger partial charge < -0.3 is 14.9 Å². The van der Waals surface area contributed by atoms with Crippen molar-refractivity contribution in [1.29, 1.82) is 0 Å². The number of carbonyl (C=O) groups is 5. The Kier molecular flexibility index (Phi) is 7.01. The molecule has 9 nitrogen and oxygen atoms in total. The molecule has 0 saturated carbocycles. The Morgan fingerprint density at radius 3 is 2.56 bits per heavy atom. The number of imide groups is 1. The molecule has 0 radical (unpaired) electrons. The molecule has 1 aromatic rings. The molecule has 204 valence electrons. The van der Waals surface area contributed by atoms with E-state index in [0.717, 1.165) is 5.57 Å². The number of nitrogens with zero attached hydrogens (tertiary/aromatic N) is 1. The predicted molar refractivity (Wildman–Crippen MR) is 139 cm³/mol. The minimum absolute atomic E-state index is 0.0407. The van der Waals surface area contributed by atoms with E-state index in [1.54, 1.807) is 19.1 Å². The molecule has 1 fully saturated rings. The normalized spacial score (nSPS) is 26.2. The average Bonchev–Trinajstić information content (AvgIpc) is 3.15. The van der Waals surface area contributed by atoms with Gasteiger partial charge in [0.2, 0.25) is 11.8 Å². The van der Waals surface area contributed by atoms with Crippen molar-refractivity contribution in [3.63, 3.8) is 0 Å². The number of unbranched alkanes of at least 4 members (excludes halogenated alkanes) is 2. The van der Waals surface area contributed by atoms with E-state index in [1.165, 1.54) is 24.2 Å². The van der Waals surface area contributed by atoms with Crippen LogP contribution < -0.4 is 4.74 Å². The summed E-state index contributed by atoms with van der Waals surface area (Å²) in [5.41, 5.74) is 2.14. The zero-order valence-electron chi connectivity index (χ0n) is 21.9. The molecule has 2 N–H and O–H groups in total. The van der Waals surface area contributed by atoms with Crippen molar-refractivity contribution in [3.05, 3.63) is 58.2 Å². The van der Waals surface area contributed by atoms with Gasteiger partial charge in [-0.25, -0.2) is 0 Å². The van der Waals surface area contributed by atoms with Crippen molar-refractivity contribution in [3.8, 4) is 11.5 Å². The third-order valence-corrected chi connectivity index (χ3v) is 8.47. The van der Waals surface area contributed by atoms with Crippen LogP contribution in [0.3, 0.4) is 0 Å². The van der Waals surface area contributed by atoms with Gasteiger partial charge in [0.1, 0.15) is 11.5 Å². The number of ether oxygens (including phenoxy) is 1. The van der Waals surface area contributed by atoms with Gasteiger partial charge in [0.25, 0.3) is 0 Å². The van der Waals surface area contributed by atoms with Crippen molar-refractivity contribution in [2.24, 2.45) is 17.8 Å².